The second-order valence-corrected chi connectivity index (χ2v) is 11.2. The molecule has 2 fully saturated rings. The Bertz CT molecular complexity index is 1150. The first-order valence-corrected chi connectivity index (χ1v) is 14.0. The number of benzene rings is 1. The SMILES string of the molecule is CC(=O)N(C1CCNCC1)[C@H](Cc1ccc(Cl)cc1)C(=O)N1CCN(c2ncnc3c2[C@H](C)C[C@H]3O)CC1. The van der Waals surface area contributed by atoms with Crippen molar-refractivity contribution in [3.05, 3.63) is 52.4 Å². The van der Waals surface area contributed by atoms with Gasteiger partial charge in [0.15, 0.2) is 0 Å². The van der Waals surface area contributed by atoms with E-state index in [1.807, 2.05) is 34.1 Å². The molecule has 2 aromatic rings. The molecule has 0 unspecified atom stereocenters. The molecule has 2 aliphatic heterocycles. The molecule has 1 aromatic heterocycles. The molecule has 2 saturated heterocycles. The molecule has 3 heterocycles. The molecule has 38 heavy (non-hydrogen) atoms. The van der Waals surface area contributed by atoms with Crippen molar-refractivity contribution in [1.29, 1.82) is 0 Å². The molecule has 2 amide bonds. The fraction of sp³-hybridized carbons (Fsp3) is 0.571. The zero-order valence-electron chi connectivity index (χ0n) is 22.1. The summed E-state index contributed by atoms with van der Waals surface area (Å²) in [6.45, 7) is 7.72. The Morgan fingerprint density at radius 1 is 1.13 bits per heavy atom. The molecule has 1 aliphatic carbocycles. The summed E-state index contributed by atoms with van der Waals surface area (Å²) in [5.41, 5.74) is 2.73. The molecule has 2 N–H and O–H groups in total. The van der Waals surface area contributed by atoms with E-state index in [0.29, 0.717) is 44.0 Å². The van der Waals surface area contributed by atoms with Gasteiger partial charge in [-0.15, -0.1) is 0 Å². The number of amides is 2. The van der Waals surface area contributed by atoms with Crippen LogP contribution < -0.4 is 10.2 Å². The van der Waals surface area contributed by atoms with Gasteiger partial charge in [-0.05, 0) is 56.0 Å². The molecule has 0 radical (unpaired) electrons. The molecular weight excluding hydrogens is 504 g/mol. The van der Waals surface area contributed by atoms with Crippen LogP contribution in [-0.2, 0) is 16.0 Å². The first-order chi connectivity index (χ1) is 18.3. The lowest BCUT2D eigenvalue weighted by Gasteiger charge is -2.43. The quantitative estimate of drug-likeness (QED) is 0.580. The van der Waals surface area contributed by atoms with E-state index in [9.17, 15) is 14.7 Å². The van der Waals surface area contributed by atoms with E-state index in [4.69, 9.17) is 11.6 Å². The van der Waals surface area contributed by atoms with Crippen molar-refractivity contribution in [2.45, 2.75) is 63.6 Å². The number of piperidine rings is 1. The van der Waals surface area contributed by atoms with Crippen molar-refractivity contribution in [3.63, 3.8) is 0 Å². The van der Waals surface area contributed by atoms with Gasteiger partial charge in [0.05, 0.1) is 11.8 Å². The number of nitrogens with one attached hydrogen (secondary N) is 1. The van der Waals surface area contributed by atoms with Gasteiger partial charge in [0.2, 0.25) is 11.8 Å². The number of halogens is 1. The Labute approximate surface area is 229 Å². The first-order valence-electron chi connectivity index (χ1n) is 13.6. The van der Waals surface area contributed by atoms with Crippen molar-refractivity contribution >= 4 is 29.2 Å². The summed E-state index contributed by atoms with van der Waals surface area (Å²) in [5, 5.41) is 14.4. The highest BCUT2D eigenvalue weighted by molar-refractivity contribution is 6.30. The maximum atomic E-state index is 14.1. The Kier molecular flexibility index (Phi) is 8.16. The molecule has 0 saturated carbocycles. The Morgan fingerprint density at radius 3 is 2.47 bits per heavy atom. The summed E-state index contributed by atoms with van der Waals surface area (Å²) in [6, 6.07) is 7.00. The second-order valence-electron chi connectivity index (χ2n) is 10.7. The van der Waals surface area contributed by atoms with E-state index in [-0.39, 0.29) is 23.8 Å². The lowest BCUT2D eigenvalue weighted by molar-refractivity contribution is -0.148. The Hall–Kier alpha value is -2.75. The number of nitrogens with zero attached hydrogens (tertiary/aromatic N) is 5. The number of aromatic nitrogens is 2. The summed E-state index contributed by atoms with van der Waals surface area (Å²) in [6.07, 6.45) is 3.75. The topological polar surface area (TPSA) is 102 Å². The minimum Gasteiger partial charge on any atom is -0.387 e. The summed E-state index contributed by atoms with van der Waals surface area (Å²) >= 11 is 6.11. The molecule has 5 rings (SSSR count). The monoisotopic (exact) mass is 540 g/mol. The van der Waals surface area contributed by atoms with Crippen LogP contribution in [0.4, 0.5) is 5.82 Å². The fourth-order valence-electron chi connectivity index (χ4n) is 6.27. The van der Waals surface area contributed by atoms with Gasteiger partial charge in [0, 0.05) is 56.2 Å². The summed E-state index contributed by atoms with van der Waals surface area (Å²) in [4.78, 5) is 41.9. The zero-order chi connectivity index (χ0) is 26.8. The number of aliphatic hydroxyl groups is 1. The molecule has 0 spiro atoms. The van der Waals surface area contributed by atoms with E-state index >= 15 is 0 Å². The standard InChI is InChI=1S/C28H37ClN6O3/c1-18-15-24(37)26-25(18)27(32-17-31-26)33-11-13-34(14-12-33)28(38)23(16-20-3-5-21(29)6-4-20)35(19(2)36)22-7-9-30-10-8-22/h3-6,17-18,22-24,30,37H,7-16H2,1-2H3/t18-,23-,24-/m1/s1. The molecule has 3 atom stereocenters. The highest BCUT2D eigenvalue weighted by atomic mass is 35.5. The molecule has 204 valence electrons. The highest BCUT2D eigenvalue weighted by Gasteiger charge is 2.38. The third-order valence-corrected chi connectivity index (χ3v) is 8.45. The number of rotatable bonds is 6. The molecule has 3 aliphatic rings. The van der Waals surface area contributed by atoms with E-state index < -0.39 is 12.1 Å². The molecule has 10 heteroatoms. The van der Waals surface area contributed by atoms with Crippen molar-refractivity contribution in [3.8, 4) is 0 Å². The third-order valence-electron chi connectivity index (χ3n) is 8.20. The predicted molar refractivity (Wildman–Crippen MR) is 146 cm³/mol. The van der Waals surface area contributed by atoms with Gasteiger partial charge in [-0.3, -0.25) is 9.59 Å². The van der Waals surface area contributed by atoms with Crippen LogP contribution in [0.3, 0.4) is 0 Å². The van der Waals surface area contributed by atoms with Gasteiger partial charge < -0.3 is 25.1 Å². The fourth-order valence-corrected chi connectivity index (χ4v) is 6.39. The number of carbonyl (C=O) groups is 2. The maximum absolute atomic E-state index is 14.1. The number of anilines is 1. The maximum Gasteiger partial charge on any atom is 0.245 e. The average Bonchev–Trinajstić information content (AvgIpc) is 3.23. The van der Waals surface area contributed by atoms with Crippen LogP contribution in [0.5, 0.6) is 0 Å². The summed E-state index contributed by atoms with van der Waals surface area (Å²) < 4.78 is 0. The first kappa shape index (κ1) is 26.8. The van der Waals surface area contributed by atoms with Crippen LogP contribution in [0.2, 0.25) is 5.02 Å². The van der Waals surface area contributed by atoms with Crippen LogP contribution in [0.25, 0.3) is 0 Å². The molecule has 0 bridgehead atoms. The van der Waals surface area contributed by atoms with Gasteiger partial charge in [-0.2, -0.15) is 0 Å². The molecular formula is C28H37ClN6O3. The largest absolute Gasteiger partial charge is 0.387 e. The number of hydrogen-bond acceptors (Lipinski definition) is 7. The molecule has 9 nitrogen and oxygen atoms in total. The van der Waals surface area contributed by atoms with E-state index in [1.54, 1.807) is 6.92 Å². The predicted octanol–water partition coefficient (Wildman–Crippen LogP) is 2.53. The van der Waals surface area contributed by atoms with Gasteiger partial charge in [-0.25, -0.2) is 9.97 Å². The average molecular weight is 541 g/mol. The number of fused-ring (bicyclic) bond motifs is 1. The van der Waals surface area contributed by atoms with E-state index in [2.05, 4.69) is 27.1 Å². The smallest absolute Gasteiger partial charge is 0.245 e. The number of hydrogen-bond donors (Lipinski definition) is 2. The lowest BCUT2D eigenvalue weighted by Crippen LogP contribution is -2.59. The van der Waals surface area contributed by atoms with Crippen molar-refractivity contribution in [2.75, 3.05) is 44.2 Å². The van der Waals surface area contributed by atoms with Crippen LogP contribution in [0, 0.1) is 0 Å². The van der Waals surface area contributed by atoms with Crippen molar-refractivity contribution < 1.29 is 14.7 Å². The van der Waals surface area contributed by atoms with Gasteiger partial charge in [-0.1, -0.05) is 30.7 Å². The highest BCUT2D eigenvalue weighted by Crippen LogP contribution is 2.42. The normalized spacial score (nSPS) is 22.7. The number of carbonyl (C=O) groups excluding carboxylic acids is 2. The lowest BCUT2D eigenvalue weighted by atomic mass is 9.97. The van der Waals surface area contributed by atoms with Crippen molar-refractivity contribution in [1.82, 2.24) is 25.1 Å². The zero-order valence-corrected chi connectivity index (χ0v) is 22.9. The van der Waals surface area contributed by atoms with E-state index in [1.165, 1.54) is 6.33 Å². The van der Waals surface area contributed by atoms with Crippen LogP contribution in [0.1, 0.15) is 62.0 Å². The van der Waals surface area contributed by atoms with Crippen LogP contribution in [-0.4, -0.2) is 88.0 Å². The number of aliphatic hydroxyl groups excluding tert-OH is 1. The van der Waals surface area contributed by atoms with Gasteiger partial charge in [0.25, 0.3) is 0 Å². The van der Waals surface area contributed by atoms with Crippen LogP contribution in [0.15, 0.2) is 30.6 Å². The Morgan fingerprint density at radius 2 is 1.82 bits per heavy atom. The van der Waals surface area contributed by atoms with Gasteiger partial charge >= 0.3 is 0 Å². The minimum absolute atomic E-state index is 0.00922. The van der Waals surface area contributed by atoms with Crippen molar-refractivity contribution in [2.24, 2.45) is 0 Å². The minimum atomic E-state index is -0.568. The van der Waals surface area contributed by atoms with E-state index in [0.717, 1.165) is 48.6 Å². The molecule has 1 aromatic carbocycles. The number of piperazine rings is 1. The summed E-state index contributed by atoms with van der Waals surface area (Å²) in [7, 11) is 0. The van der Waals surface area contributed by atoms with Crippen LogP contribution >= 0.6 is 11.6 Å². The van der Waals surface area contributed by atoms with Gasteiger partial charge in [0.1, 0.15) is 18.2 Å². The Balaban J connectivity index is 1.35. The second kappa shape index (κ2) is 11.6. The third kappa shape index (κ3) is 5.51. The summed E-state index contributed by atoms with van der Waals surface area (Å²) in [5.74, 6) is 0.981.